The summed E-state index contributed by atoms with van der Waals surface area (Å²) in [6.07, 6.45) is 4.13. The Morgan fingerprint density at radius 3 is 2.50 bits per heavy atom. The van der Waals surface area contributed by atoms with Gasteiger partial charge < -0.3 is 5.32 Å². The second-order valence-corrected chi connectivity index (χ2v) is 5.86. The molecule has 14 heavy (non-hydrogen) atoms. The minimum Gasteiger partial charge on any atom is -0.314 e. The van der Waals surface area contributed by atoms with Gasteiger partial charge >= 0.3 is 0 Å². The molecule has 0 aliphatic carbocycles. The molecule has 1 fully saturated rings. The minimum atomic E-state index is 0.689. The average molecular weight is 215 g/mol. The maximum absolute atomic E-state index is 3.69. The Morgan fingerprint density at radius 1 is 1.29 bits per heavy atom. The van der Waals surface area contributed by atoms with Crippen LogP contribution in [0.15, 0.2) is 0 Å². The third-order valence-electron chi connectivity index (χ3n) is 3.57. The molecule has 0 aromatic carbocycles. The van der Waals surface area contributed by atoms with Crippen LogP contribution in [0.5, 0.6) is 0 Å². The van der Waals surface area contributed by atoms with E-state index in [1.807, 2.05) is 0 Å². The van der Waals surface area contributed by atoms with E-state index in [2.05, 4.69) is 37.8 Å². The molecule has 0 radical (unpaired) electrons. The first-order valence-electron chi connectivity index (χ1n) is 6.05. The first kappa shape index (κ1) is 12.4. The lowest BCUT2D eigenvalue weighted by atomic mass is 9.98. The maximum atomic E-state index is 3.69. The van der Waals surface area contributed by atoms with Gasteiger partial charge in [-0.15, -0.1) is 0 Å². The van der Waals surface area contributed by atoms with Gasteiger partial charge in [-0.05, 0) is 49.7 Å². The van der Waals surface area contributed by atoms with Gasteiger partial charge in [-0.1, -0.05) is 20.3 Å². The molecule has 2 unspecified atom stereocenters. The van der Waals surface area contributed by atoms with Crippen molar-refractivity contribution in [1.29, 1.82) is 0 Å². The van der Waals surface area contributed by atoms with Gasteiger partial charge in [0.05, 0.1) is 0 Å². The maximum Gasteiger partial charge on any atom is 0.00643 e. The van der Waals surface area contributed by atoms with E-state index in [9.17, 15) is 0 Å². The monoisotopic (exact) mass is 215 g/mol. The first-order chi connectivity index (χ1) is 6.74. The molecule has 0 amide bonds. The van der Waals surface area contributed by atoms with Crippen LogP contribution in [0.25, 0.3) is 0 Å². The Morgan fingerprint density at radius 2 is 1.93 bits per heavy atom. The van der Waals surface area contributed by atoms with Crippen molar-refractivity contribution in [3.8, 4) is 0 Å². The molecule has 0 saturated carbocycles. The van der Waals surface area contributed by atoms with Gasteiger partial charge in [-0.3, -0.25) is 0 Å². The van der Waals surface area contributed by atoms with E-state index in [1.165, 1.54) is 37.3 Å². The molecule has 1 aliphatic rings. The number of rotatable bonds is 5. The van der Waals surface area contributed by atoms with E-state index >= 15 is 0 Å². The van der Waals surface area contributed by atoms with E-state index < -0.39 is 0 Å². The predicted molar refractivity (Wildman–Crippen MR) is 67.0 cm³/mol. The first-order valence-corrected chi connectivity index (χ1v) is 7.20. The van der Waals surface area contributed by atoms with Crippen molar-refractivity contribution in [2.75, 3.05) is 18.1 Å². The summed E-state index contributed by atoms with van der Waals surface area (Å²) < 4.78 is 0. The highest BCUT2D eigenvalue weighted by molar-refractivity contribution is 7.99. The molecule has 2 atom stereocenters. The zero-order valence-electron chi connectivity index (χ0n) is 9.88. The molecule has 2 heteroatoms. The normalized spacial score (nSPS) is 23.4. The summed E-state index contributed by atoms with van der Waals surface area (Å²) in [6, 6.07) is 0.689. The highest BCUT2D eigenvalue weighted by Gasteiger charge is 2.15. The Bertz CT molecular complexity index is 141. The molecule has 1 saturated heterocycles. The van der Waals surface area contributed by atoms with E-state index in [0.717, 1.165) is 11.8 Å². The molecule has 84 valence electrons. The highest BCUT2D eigenvalue weighted by atomic mass is 32.2. The van der Waals surface area contributed by atoms with Gasteiger partial charge in [-0.25, -0.2) is 0 Å². The van der Waals surface area contributed by atoms with Crippen LogP contribution < -0.4 is 5.32 Å². The Balaban J connectivity index is 2.12. The van der Waals surface area contributed by atoms with Gasteiger partial charge in [0.25, 0.3) is 0 Å². The Hall–Kier alpha value is 0.310. The fourth-order valence-corrected chi connectivity index (χ4v) is 3.06. The third-order valence-corrected chi connectivity index (χ3v) is 4.62. The highest BCUT2D eigenvalue weighted by Crippen LogP contribution is 2.22. The lowest BCUT2D eigenvalue weighted by Gasteiger charge is -2.26. The molecule has 0 aromatic heterocycles. The molecule has 0 spiro atoms. The van der Waals surface area contributed by atoms with Crippen molar-refractivity contribution >= 4 is 11.8 Å². The van der Waals surface area contributed by atoms with Gasteiger partial charge in [0.2, 0.25) is 0 Å². The van der Waals surface area contributed by atoms with Crippen LogP contribution in [0.2, 0.25) is 0 Å². The summed E-state index contributed by atoms with van der Waals surface area (Å²) in [5, 5.41) is 3.69. The lowest BCUT2D eigenvalue weighted by molar-refractivity contribution is 0.348. The SMILES string of the molecule is CCC(C)C(C)NCC1CCSCC1. The summed E-state index contributed by atoms with van der Waals surface area (Å²) in [7, 11) is 0. The second-order valence-electron chi connectivity index (χ2n) is 4.64. The summed E-state index contributed by atoms with van der Waals surface area (Å²) >= 11 is 2.12. The van der Waals surface area contributed by atoms with E-state index in [1.54, 1.807) is 0 Å². The number of hydrogen-bond acceptors (Lipinski definition) is 2. The van der Waals surface area contributed by atoms with Gasteiger partial charge in [-0.2, -0.15) is 11.8 Å². The molecule has 1 N–H and O–H groups in total. The molecule has 1 nitrogen and oxygen atoms in total. The van der Waals surface area contributed by atoms with E-state index in [-0.39, 0.29) is 0 Å². The smallest absolute Gasteiger partial charge is 0.00643 e. The summed E-state index contributed by atoms with van der Waals surface area (Å²) in [6.45, 7) is 8.19. The molecule has 1 heterocycles. The summed E-state index contributed by atoms with van der Waals surface area (Å²) in [5.74, 6) is 4.52. The van der Waals surface area contributed by atoms with Crippen LogP contribution in [0.1, 0.15) is 40.0 Å². The topological polar surface area (TPSA) is 12.0 Å². The Labute approximate surface area is 93.4 Å². The van der Waals surface area contributed by atoms with Crippen LogP contribution in [0, 0.1) is 11.8 Å². The molecular weight excluding hydrogens is 190 g/mol. The van der Waals surface area contributed by atoms with Crippen molar-refractivity contribution in [2.24, 2.45) is 11.8 Å². The second kappa shape index (κ2) is 6.73. The molecule has 0 aromatic rings. The summed E-state index contributed by atoms with van der Waals surface area (Å²) in [4.78, 5) is 0. The number of thioether (sulfide) groups is 1. The van der Waals surface area contributed by atoms with Crippen molar-refractivity contribution in [1.82, 2.24) is 5.32 Å². The summed E-state index contributed by atoms with van der Waals surface area (Å²) in [5.41, 5.74) is 0. The average Bonchev–Trinajstić information content (AvgIpc) is 2.26. The fourth-order valence-electron chi connectivity index (χ4n) is 1.86. The molecular formula is C12H25NS. The van der Waals surface area contributed by atoms with Gasteiger partial charge in [0, 0.05) is 6.04 Å². The van der Waals surface area contributed by atoms with Crippen molar-refractivity contribution in [3.63, 3.8) is 0 Å². The van der Waals surface area contributed by atoms with Crippen LogP contribution in [0.3, 0.4) is 0 Å². The van der Waals surface area contributed by atoms with Crippen molar-refractivity contribution in [3.05, 3.63) is 0 Å². The van der Waals surface area contributed by atoms with E-state index in [4.69, 9.17) is 0 Å². The van der Waals surface area contributed by atoms with Crippen molar-refractivity contribution < 1.29 is 0 Å². The molecule has 1 rings (SSSR count). The van der Waals surface area contributed by atoms with Gasteiger partial charge in [0.15, 0.2) is 0 Å². The predicted octanol–water partition coefficient (Wildman–Crippen LogP) is 3.15. The zero-order valence-corrected chi connectivity index (χ0v) is 10.7. The fraction of sp³-hybridized carbons (Fsp3) is 1.00. The number of hydrogen-bond donors (Lipinski definition) is 1. The molecule has 0 bridgehead atoms. The van der Waals surface area contributed by atoms with Crippen LogP contribution in [0.4, 0.5) is 0 Å². The Kier molecular flexibility index (Phi) is 5.95. The van der Waals surface area contributed by atoms with E-state index in [0.29, 0.717) is 6.04 Å². The van der Waals surface area contributed by atoms with Crippen LogP contribution in [-0.4, -0.2) is 24.1 Å². The van der Waals surface area contributed by atoms with Crippen LogP contribution >= 0.6 is 11.8 Å². The lowest BCUT2D eigenvalue weighted by Crippen LogP contribution is -2.36. The largest absolute Gasteiger partial charge is 0.314 e. The molecule has 1 aliphatic heterocycles. The van der Waals surface area contributed by atoms with Gasteiger partial charge in [0.1, 0.15) is 0 Å². The van der Waals surface area contributed by atoms with Crippen molar-refractivity contribution in [2.45, 2.75) is 46.1 Å². The number of nitrogens with one attached hydrogen (secondary N) is 1. The minimum absolute atomic E-state index is 0.689. The standard InChI is InChI=1S/C12H25NS/c1-4-10(2)11(3)13-9-12-5-7-14-8-6-12/h10-13H,4-9H2,1-3H3. The quantitative estimate of drug-likeness (QED) is 0.756. The van der Waals surface area contributed by atoms with Crippen LogP contribution in [-0.2, 0) is 0 Å². The zero-order chi connectivity index (χ0) is 10.4. The third kappa shape index (κ3) is 4.22.